The van der Waals surface area contributed by atoms with E-state index in [0.717, 1.165) is 0 Å². The molecule has 0 aliphatic rings. The molecule has 0 saturated carbocycles. The molecule has 0 aliphatic heterocycles. The van der Waals surface area contributed by atoms with Gasteiger partial charge < -0.3 is 4.52 Å². The Kier molecular flexibility index (Phi) is 3.22. The molecular formula is C12H9Cl2NO2. The summed E-state index contributed by atoms with van der Waals surface area (Å²) in [6.45, 7) is 3.13. The summed E-state index contributed by atoms with van der Waals surface area (Å²) in [5.74, 6) is 0.332. The third-order valence-electron chi connectivity index (χ3n) is 2.41. The van der Waals surface area contributed by atoms with E-state index in [4.69, 9.17) is 27.7 Å². The number of nitrogens with zero attached hydrogens (tertiary/aromatic N) is 1. The lowest BCUT2D eigenvalue weighted by Gasteiger charge is -2.04. The van der Waals surface area contributed by atoms with Crippen molar-refractivity contribution in [3.8, 4) is 11.3 Å². The largest absolute Gasteiger partial charge is 0.360 e. The Bertz CT molecular complexity index is 570. The van der Waals surface area contributed by atoms with E-state index < -0.39 is 0 Å². The van der Waals surface area contributed by atoms with Gasteiger partial charge in [0.1, 0.15) is 11.5 Å². The molecule has 0 fully saturated rings. The molecule has 2 rings (SSSR count). The number of benzene rings is 1. The molecule has 17 heavy (non-hydrogen) atoms. The third kappa shape index (κ3) is 2.08. The number of Topliss-reactive ketones (excluding diaryl/α,β-unsaturated/α-hetero) is 1. The van der Waals surface area contributed by atoms with Crippen LogP contribution in [0.25, 0.3) is 11.3 Å². The molecule has 0 spiro atoms. The zero-order valence-corrected chi connectivity index (χ0v) is 10.8. The van der Waals surface area contributed by atoms with Crippen LogP contribution in [-0.4, -0.2) is 10.9 Å². The summed E-state index contributed by atoms with van der Waals surface area (Å²) in [6, 6.07) is 5.11. The maximum Gasteiger partial charge on any atom is 0.165 e. The van der Waals surface area contributed by atoms with Gasteiger partial charge in [-0.05, 0) is 26.0 Å². The molecular weight excluding hydrogens is 261 g/mol. The number of carbonyl (C=O) groups is 1. The van der Waals surface area contributed by atoms with Crippen molar-refractivity contribution in [2.45, 2.75) is 13.8 Å². The van der Waals surface area contributed by atoms with Crippen molar-refractivity contribution in [1.82, 2.24) is 5.16 Å². The minimum atomic E-state index is -0.130. The van der Waals surface area contributed by atoms with Gasteiger partial charge in [-0.15, -0.1) is 0 Å². The van der Waals surface area contributed by atoms with Gasteiger partial charge in [0.15, 0.2) is 5.78 Å². The molecule has 5 heteroatoms. The van der Waals surface area contributed by atoms with Crippen molar-refractivity contribution >= 4 is 29.0 Å². The quantitative estimate of drug-likeness (QED) is 0.769. The Morgan fingerprint density at radius 3 is 2.41 bits per heavy atom. The van der Waals surface area contributed by atoms with Crippen LogP contribution in [0.1, 0.15) is 23.0 Å². The van der Waals surface area contributed by atoms with Crippen LogP contribution < -0.4 is 0 Å². The highest BCUT2D eigenvalue weighted by atomic mass is 35.5. The molecule has 1 heterocycles. The number of rotatable bonds is 2. The number of hydrogen-bond acceptors (Lipinski definition) is 3. The van der Waals surface area contributed by atoms with Crippen LogP contribution in [0.5, 0.6) is 0 Å². The lowest BCUT2D eigenvalue weighted by Crippen LogP contribution is -1.96. The second kappa shape index (κ2) is 4.51. The predicted molar refractivity (Wildman–Crippen MR) is 66.7 cm³/mol. The lowest BCUT2D eigenvalue weighted by molar-refractivity contribution is 0.101. The first-order valence-corrected chi connectivity index (χ1v) is 5.69. The molecule has 0 amide bonds. The number of aromatic nitrogens is 1. The lowest BCUT2D eigenvalue weighted by atomic mass is 10.0. The highest BCUT2D eigenvalue weighted by Gasteiger charge is 2.22. The Balaban J connectivity index is 2.73. The zero-order chi connectivity index (χ0) is 12.6. The van der Waals surface area contributed by atoms with Gasteiger partial charge in [-0.2, -0.15) is 0 Å². The monoisotopic (exact) mass is 269 g/mol. The summed E-state index contributed by atoms with van der Waals surface area (Å²) < 4.78 is 5.03. The van der Waals surface area contributed by atoms with Crippen molar-refractivity contribution < 1.29 is 9.32 Å². The van der Waals surface area contributed by atoms with Crippen molar-refractivity contribution in [1.29, 1.82) is 0 Å². The van der Waals surface area contributed by atoms with Crippen molar-refractivity contribution in [2.24, 2.45) is 0 Å². The molecule has 2 aromatic rings. The van der Waals surface area contributed by atoms with Crippen molar-refractivity contribution in [3.63, 3.8) is 0 Å². The van der Waals surface area contributed by atoms with Gasteiger partial charge in [0.05, 0.1) is 15.6 Å². The summed E-state index contributed by atoms with van der Waals surface area (Å²) in [5, 5.41) is 4.74. The van der Waals surface area contributed by atoms with E-state index in [0.29, 0.717) is 32.6 Å². The SMILES string of the molecule is CC(=O)c1c(-c2c(Cl)cccc2Cl)noc1C. The maximum atomic E-state index is 11.6. The fraction of sp³-hybridized carbons (Fsp3) is 0.167. The molecule has 1 aromatic carbocycles. The standard InChI is InChI=1S/C12H9Cl2NO2/c1-6(16)10-7(2)17-15-12(10)11-8(13)4-3-5-9(11)14/h3-5H,1-2H3. The fourth-order valence-corrected chi connectivity index (χ4v) is 2.26. The summed E-state index contributed by atoms with van der Waals surface area (Å²) in [4.78, 5) is 11.6. The minimum Gasteiger partial charge on any atom is -0.360 e. The summed E-state index contributed by atoms with van der Waals surface area (Å²) in [5.41, 5.74) is 1.34. The molecule has 1 aromatic heterocycles. The molecule has 0 bridgehead atoms. The number of ketones is 1. The molecule has 0 N–H and O–H groups in total. The molecule has 0 radical (unpaired) electrons. The first kappa shape index (κ1) is 12.1. The first-order valence-electron chi connectivity index (χ1n) is 4.94. The second-order valence-corrected chi connectivity index (χ2v) is 4.43. The number of halogens is 2. The van der Waals surface area contributed by atoms with Crippen LogP contribution in [0.2, 0.25) is 10.0 Å². The van der Waals surface area contributed by atoms with Crippen molar-refractivity contribution in [2.75, 3.05) is 0 Å². The van der Waals surface area contributed by atoms with Crippen molar-refractivity contribution in [3.05, 3.63) is 39.6 Å². The molecule has 0 atom stereocenters. The van der Waals surface area contributed by atoms with Gasteiger partial charge in [-0.25, -0.2) is 0 Å². The van der Waals surface area contributed by atoms with Crippen LogP contribution in [0.15, 0.2) is 22.7 Å². The van der Waals surface area contributed by atoms with Gasteiger partial charge in [-0.3, -0.25) is 4.79 Å². The summed E-state index contributed by atoms with van der Waals surface area (Å²) in [7, 11) is 0. The minimum absolute atomic E-state index is 0.130. The topological polar surface area (TPSA) is 43.1 Å². The molecule has 3 nitrogen and oxygen atoms in total. The van der Waals surface area contributed by atoms with Crippen LogP contribution in [-0.2, 0) is 0 Å². The highest BCUT2D eigenvalue weighted by molar-refractivity contribution is 6.39. The first-order chi connectivity index (χ1) is 8.02. The summed E-state index contributed by atoms with van der Waals surface area (Å²) >= 11 is 12.1. The van der Waals surface area contributed by atoms with E-state index in [1.807, 2.05) is 0 Å². The Morgan fingerprint density at radius 2 is 1.88 bits per heavy atom. The van der Waals surface area contributed by atoms with Crippen LogP contribution in [0.4, 0.5) is 0 Å². The summed E-state index contributed by atoms with van der Waals surface area (Å²) in [6.07, 6.45) is 0. The molecule has 0 aliphatic carbocycles. The fourth-order valence-electron chi connectivity index (χ4n) is 1.68. The van der Waals surface area contributed by atoms with E-state index >= 15 is 0 Å². The zero-order valence-electron chi connectivity index (χ0n) is 9.25. The highest BCUT2D eigenvalue weighted by Crippen LogP contribution is 2.36. The van der Waals surface area contributed by atoms with Gasteiger partial charge in [-0.1, -0.05) is 34.4 Å². The number of aryl methyl sites for hydroxylation is 1. The van der Waals surface area contributed by atoms with E-state index in [-0.39, 0.29) is 5.78 Å². The maximum absolute atomic E-state index is 11.6. The van der Waals surface area contributed by atoms with E-state index in [1.54, 1.807) is 25.1 Å². The van der Waals surface area contributed by atoms with E-state index in [1.165, 1.54) is 6.92 Å². The molecule has 88 valence electrons. The smallest absolute Gasteiger partial charge is 0.165 e. The van der Waals surface area contributed by atoms with E-state index in [9.17, 15) is 4.79 Å². The number of carbonyl (C=O) groups excluding carboxylic acids is 1. The van der Waals surface area contributed by atoms with Crippen LogP contribution >= 0.6 is 23.2 Å². The average Bonchev–Trinajstić information content (AvgIpc) is 2.60. The number of hydrogen-bond donors (Lipinski definition) is 0. The molecule has 0 saturated heterocycles. The Hall–Kier alpha value is -1.32. The third-order valence-corrected chi connectivity index (χ3v) is 3.04. The van der Waals surface area contributed by atoms with Gasteiger partial charge in [0, 0.05) is 5.56 Å². The van der Waals surface area contributed by atoms with Gasteiger partial charge in [0.2, 0.25) is 0 Å². The van der Waals surface area contributed by atoms with Gasteiger partial charge >= 0.3 is 0 Å². The molecule has 0 unspecified atom stereocenters. The Labute approximate surface area is 108 Å². The van der Waals surface area contributed by atoms with Crippen LogP contribution in [0.3, 0.4) is 0 Å². The van der Waals surface area contributed by atoms with Crippen LogP contribution in [0, 0.1) is 6.92 Å². The Morgan fingerprint density at radius 1 is 1.29 bits per heavy atom. The normalized spacial score (nSPS) is 10.6. The van der Waals surface area contributed by atoms with E-state index in [2.05, 4.69) is 5.16 Å². The van der Waals surface area contributed by atoms with Gasteiger partial charge in [0.25, 0.3) is 0 Å². The predicted octanol–water partition coefficient (Wildman–Crippen LogP) is 4.16. The second-order valence-electron chi connectivity index (χ2n) is 3.62. The average molecular weight is 270 g/mol.